The third kappa shape index (κ3) is 5.28. The van der Waals surface area contributed by atoms with Crippen LogP contribution < -0.4 is 11.1 Å². The number of nitrogens with two attached hydrogens (primary N) is 1. The third-order valence-corrected chi connectivity index (χ3v) is 3.00. The molecular formula is C14H22F2N4O. The van der Waals surface area contributed by atoms with Gasteiger partial charge in [-0.15, -0.1) is 0 Å². The zero-order valence-electron chi connectivity index (χ0n) is 12.6. The van der Waals surface area contributed by atoms with Gasteiger partial charge in [-0.05, 0) is 26.2 Å². The van der Waals surface area contributed by atoms with Gasteiger partial charge in [-0.2, -0.15) is 0 Å². The maximum atomic E-state index is 13.9. The largest absolute Gasteiger partial charge is 0.383 e. The van der Waals surface area contributed by atoms with E-state index in [0.29, 0.717) is 13.2 Å². The van der Waals surface area contributed by atoms with Crippen molar-refractivity contribution >= 4 is 5.96 Å². The molecule has 0 amide bonds. The molecule has 0 aliphatic heterocycles. The lowest BCUT2D eigenvalue weighted by atomic mass is 10.0. The van der Waals surface area contributed by atoms with Gasteiger partial charge in [0.15, 0.2) is 5.96 Å². The highest BCUT2D eigenvalue weighted by Crippen LogP contribution is 2.24. The molecule has 0 aliphatic carbocycles. The number of nitrogens with one attached hydrogen (secondary N) is 1. The van der Waals surface area contributed by atoms with Gasteiger partial charge >= 0.3 is 0 Å². The SMILES string of the molecule is COCCNC(N)=NCC(c1c(F)cccc1F)N(C)C. The van der Waals surface area contributed by atoms with Crippen molar-refractivity contribution in [2.75, 3.05) is 40.9 Å². The van der Waals surface area contributed by atoms with Gasteiger partial charge in [-0.25, -0.2) is 8.78 Å². The number of aliphatic imine (C=N–C) groups is 1. The van der Waals surface area contributed by atoms with Gasteiger partial charge in [0.25, 0.3) is 0 Å². The highest BCUT2D eigenvalue weighted by molar-refractivity contribution is 5.77. The van der Waals surface area contributed by atoms with E-state index in [1.54, 1.807) is 26.1 Å². The molecule has 0 bridgehead atoms. The number of halogens is 2. The van der Waals surface area contributed by atoms with E-state index in [1.165, 1.54) is 18.2 Å². The number of methoxy groups -OCH3 is 1. The number of hydrogen-bond donors (Lipinski definition) is 2. The van der Waals surface area contributed by atoms with Crippen molar-refractivity contribution in [3.05, 3.63) is 35.4 Å². The Kier molecular flexibility index (Phi) is 7.04. The quantitative estimate of drug-likeness (QED) is 0.450. The fourth-order valence-electron chi connectivity index (χ4n) is 1.86. The average Bonchev–Trinajstić information content (AvgIpc) is 2.41. The number of guanidine groups is 1. The molecule has 0 spiro atoms. The van der Waals surface area contributed by atoms with Crippen molar-refractivity contribution in [1.82, 2.24) is 10.2 Å². The Bertz CT molecular complexity index is 460. The molecule has 7 heteroatoms. The molecule has 118 valence electrons. The molecule has 1 aromatic rings. The lowest BCUT2D eigenvalue weighted by molar-refractivity contribution is 0.204. The lowest BCUT2D eigenvalue weighted by Crippen LogP contribution is -2.35. The number of nitrogens with zero attached hydrogens (tertiary/aromatic N) is 2. The highest BCUT2D eigenvalue weighted by Gasteiger charge is 2.21. The summed E-state index contributed by atoms with van der Waals surface area (Å²) in [4.78, 5) is 5.83. The third-order valence-electron chi connectivity index (χ3n) is 3.00. The van der Waals surface area contributed by atoms with Crippen LogP contribution in [-0.4, -0.2) is 51.8 Å². The second kappa shape index (κ2) is 8.53. The summed E-state index contributed by atoms with van der Waals surface area (Å²) in [5.74, 6) is -0.958. The minimum atomic E-state index is -0.588. The Morgan fingerprint density at radius 3 is 2.52 bits per heavy atom. The number of ether oxygens (including phenoxy) is 1. The van der Waals surface area contributed by atoms with Gasteiger partial charge in [0.2, 0.25) is 0 Å². The number of likely N-dealkylation sites (N-methyl/N-ethyl adjacent to an activating group) is 1. The molecule has 3 N–H and O–H groups in total. The first kappa shape index (κ1) is 17.3. The van der Waals surface area contributed by atoms with Gasteiger partial charge < -0.3 is 20.7 Å². The lowest BCUT2D eigenvalue weighted by Gasteiger charge is -2.24. The Balaban J connectivity index is 2.82. The summed E-state index contributed by atoms with van der Waals surface area (Å²) in [6.45, 7) is 1.17. The van der Waals surface area contributed by atoms with E-state index < -0.39 is 17.7 Å². The van der Waals surface area contributed by atoms with Gasteiger partial charge in [-0.3, -0.25) is 4.99 Å². The van der Waals surface area contributed by atoms with E-state index >= 15 is 0 Å². The maximum Gasteiger partial charge on any atom is 0.188 e. The number of benzene rings is 1. The normalized spacial score (nSPS) is 13.5. The molecule has 1 rings (SSSR count). The second-order valence-electron chi connectivity index (χ2n) is 4.76. The maximum absolute atomic E-state index is 13.9. The molecule has 0 saturated carbocycles. The van der Waals surface area contributed by atoms with E-state index in [9.17, 15) is 8.78 Å². The molecule has 1 atom stereocenters. The molecule has 0 heterocycles. The van der Waals surface area contributed by atoms with E-state index in [1.807, 2.05) is 0 Å². The predicted molar refractivity (Wildman–Crippen MR) is 79.2 cm³/mol. The highest BCUT2D eigenvalue weighted by atomic mass is 19.1. The first-order valence-electron chi connectivity index (χ1n) is 6.60. The van der Waals surface area contributed by atoms with Crippen LogP contribution in [0, 0.1) is 11.6 Å². The van der Waals surface area contributed by atoms with Gasteiger partial charge in [-0.1, -0.05) is 6.07 Å². The molecule has 21 heavy (non-hydrogen) atoms. The molecule has 1 aromatic carbocycles. The van der Waals surface area contributed by atoms with Crippen LogP contribution in [0.2, 0.25) is 0 Å². The van der Waals surface area contributed by atoms with Crippen LogP contribution in [0.5, 0.6) is 0 Å². The fourth-order valence-corrected chi connectivity index (χ4v) is 1.86. The molecule has 0 aliphatic rings. The molecule has 0 saturated heterocycles. The first-order chi connectivity index (χ1) is 9.97. The standard InChI is InChI=1S/C14H22F2N4O/c1-20(2)12(9-19-14(17)18-7-8-21-3)13-10(15)5-4-6-11(13)16/h4-6,12H,7-9H2,1-3H3,(H3,17,18,19). The molecule has 0 aromatic heterocycles. The molecule has 1 unspecified atom stereocenters. The van der Waals surface area contributed by atoms with Crippen LogP contribution in [0.3, 0.4) is 0 Å². The second-order valence-corrected chi connectivity index (χ2v) is 4.76. The summed E-state index contributed by atoms with van der Waals surface area (Å²) >= 11 is 0. The Morgan fingerprint density at radius 2 is 2.00 bits per heavy atom. The smallest absolute Gasteiger partial charge is 0.188 e. The monoisotopic (exact) mass is 300 g/mol. The predicted octanol–water partition coefficient (Wildman–Crippen LogP) is 1.12. The summed E-state index contributed by atoms with van der Waals surface area (Å²) in [5.41, 5.74) is 5.69. The van der Waals surface area contributed by atoms with Crippen molar-refractivity contribution in [2.45, 2.75) is 6.04 Å². The van der Waals surface area contributed by atoms with Crippen LogP contribution in [0.15, 0.2) is 23.2 Å². The van der Waals surface area contributed by atoms with E-state index in [2.05, 4.69) is 10.3 Å². The first-order valence-corrected chi connectivity index (χ1v) is 6.60. The van der Waals surface area contributed by atoms with E-state index in [0.717, 1.165) is 0 Å². The number of rotatable bonds is 7. The minimum Gasteiger partial charge on any atom is -0.383 e. The summed E-state index contributed by atoms with van der Waals surface area (Å²) in [5, 5.41) is 2.86. The van der Waals surface area contributed by atoms with Crippen molar-refractivity contribution in [2.24, 2.45) is 10.7 Å². The van der Waals surface area contributed by atoms with Crippen molar-refractivity contribution < 1.29 is 13.5 Å². The molecular weight excluding hydrogens is 278 g/mol. The topological polar surface area (TPSA) is 62.9 Å². The zero-order chi connectivity index (χ0) is 15.8. The van der Waals surface area contributed by atoms with Crippen LogP contribution in [0.4, 0.5) is 8.78 Å². The van der Waals surface area contributed by atoms with E-state index in [-0.39, 0.29) is 18.1 Å². The van der Waals surface area contributed by atoms with Crippen LogP contribution >= 0.6 is 0 Å². The molecule has 0 fully saturated rings. The Morgan fingerprint density at radius 1 is 1.38 bits per heavy atom. The summed E-state index contributed by atoms with van der Waals surface area (Å²) in [7, 11) is 5.05. The number of hydrogen-bond acceptors (Lipinski definition) is 3. The van der Waals surface area contributed by atoms with Crippen molar-refractivity contribution in [3.8, 4) is 0 Å². The Hall–Kier alpha value is -1.73. The van der Waals surface area contributed by atoms with Crippen LogP contribution in [0.25, 0.3) is 0 Å². The van der Waals surface area contributed by atoms with Gasteiger partial charge in [0.1, 0.15) is 11.6 Å². The minimum absolute atomic E-state index is 0.00376. The van der Waals surface area contributed by atoms with Crippen molar-refractivity contribution in [3.63, 3.8) is 0 Å². The Labute approximate surface area is 123 Å². The van der Waals surface area contributed by atoms with E-state index in [4.69, 9.17) is 10.5 Å². The van der Waals surface area contributed by atoms with Crippen LogP contribution in [0.1, 0.15) is 11.6 Å². The fraction of sp³-hybridized carbons (Fsp3) is 0.500. The van der Waals surface area contributed by atoms with Crippen molar-refractivity contribution in [1.29, 1.82) is 0 Å². The summed E-state index contributed by atoms with van der Waals surface area (Å²) in [6.07, 6.45) is 0. The summed E-state index contributed by atoms with van der Waals surface area (Å²) < 4.78 is 32.6. The van der Waals surface area contributed by atoms with Crippen LogP contribution in [-0.2, 0) is 4.74 Å². The zero-order valence-corrected chi connectivity index (χ0v) is 12.6. The average molecular weight is 300 g/mol. The molecule has 5 nitrogen and oxygen atoms in total. The molecule has 0 radical (unpaired) electrons. The van der Waals surface area contributed by atoms with Gasteiger partial charge in [0.05, 0.1) is 19.2 Å². The van der Waals surface area contributed by atoms with Gasteiger partial charge in [0, 0.05) is 19.2 Å². The summed E-state index contributed by atoms with van der Waals surface area (Å²) in [6, 6.07) is 3.27.